The normalized spacial score (nSPS) is 12.3. The van der Waals surface area contributed by atoms with Crippen molar-refractivity contribution in [3.05, 3.63) is 64.6 Å². The van der Waals surface area contributed by atoms with Crippen molar-refractivity contribution in [3.63, 3.8) is 0 Å². The summed E-state index contributed by atoms with van der Waals surface area (Å²) in [5.74, 6) is -1.21. The number of furan rings is 1. The first-order chi connectivity index (χ1) is 16.1. The van der Waals surface area contributed by atoms with Crippen LogP contribution in [-0.2, 0) is 10.0 Å². The highest BCUT2D eigenvalue weighted by atomic mass is 32.2. The Kier molecular flexibility index (Phi) is 4.81. The maximum absolute atomic E-state index is 13.9. The van der Waals surface area contributed by atoms with E-state index in [-0.39, 0.29) is 32.8 Å². The number of H-pyrrole nitrogens is 2. The number of aromatic amines is 2. The molecule has 3 heterocycles. The number of hydrogen-bond donors (Lipinski definition) is 3. The van der Waals surface area contributed by atoms with Crippen molar-refractivity contribution in [1.82, 2.24) is 19.3 Å². The molecule has 4 N–H and O–H groups in total. The largest absolute Gasteiger partial charge is 0.429 e. The van der Waals surface area contributed by atoms with Crippen molar-refractivity contribution in [3.8, 4) is 22.4 Å². The van der Waals surface area contributed by atoms with E-state index < -0.39 is 27.4 Å². The summed E-state index contributed by atoms with van der Waals surface area (Å²) in [5.41, 5.74) is 7.09. The summed E-state index contributed by atoms with van der Waals surface area (Å²) in [5, 5.41) is 0.123. The molecule has 0 saturated carbocycles. The zero-order valence-electron chi connectivity index (χ0n) is 17.8. The van der Waals surface area contributed by atoms with Crippen molar-refractivity contribution in [2.45, 2.75) is 4.90 Å². The van der Waals surface area contributed by atoms with Crippen molar-refractivity contribution < 1.29 is 21.6 Å². The summed E-state index contributed by atoms with van der Waals surface area (Å²) >= 11 is 0. The fourth-order valence-corrected chi connectivity index (χ4v) is 4.72. The molecule has 0 amide bonds. The van der Waals surface area contributed by atoms with Crippen LogP contribution in [0.15, 0.2) is 56.6 Å². The fraction of sp³-hybridized carbons (Fsp3) is 0.0909. The Morgan fingerprint density at radius 1 is 1.03 bits per heavy atom. The average molecular weight is 485 g/mol. The molecule has 0 aliphatic rings. The number of anilines is 1. The summed E-state index contributed by atoms with van der Waals surface area (Å²) in [6.07, 6.45) is 0. The van der Waals surface area contributed by atoms with E-state index in [0.717, 1.165) is 4.31 Å². The van der Waals surface area contributed by atoms with Crippen LogP contribution in [0.2, 0.25) is 0 Å². The van der Waals surface area contributed by atoms with E-state index in [9.17, 15) is 22.0 Å². The Hall–Kier alpha value is -4.03. The Morgan fingerprint density at radius 2 is 1.71 bits per heavy atom. The van der Waals surface area contributed by atoms with Crippen LogP contribution in [0, 0.1) is 11.8 Å². The highest BCUT2D eigenvalue weighted by Gasteiger charge is 2.23. The molecule has 0 bridgehead atoms. The number of rotatable bonds is 4. The van der Waals surface area contributed by atoms with Gasteiger partial charge in [-0.2, -0.15) is 13.8 Å². The minimum absolute atomic E-state index is 0.0416. The maximum atomic E-state index is 13.9. The minimum atomic E-state index is -3.65. The lowest BCUT2D eigenvalue weighted by Crippen LogP contribution is -2.22. The molecule has 9 nitrogen and oxygen atoms in total. The molecule has 0 unspecified atom stereocenters. The zero-order chi connectivity index (χ0) is 24.4. The van der Waals surface area contributed by atoms with E-state index in [1.165, 1.54) is 44.4 Å². The molecule has 5 rings (SSSR count). The molecular weight excluding hydrogens is 468 g/mol. The third-order valence-corrected chi connectivity index (χ3v) is 7.31. The third-order valence-electron chi connectivity index (χ3n) is 5.48. The van der Waals surface area contributed by atoms with Gasteiger partial charge in [-0.3, -0.25) is 9.78 Å². The summed E-state index contributed by atoms with van der Waals surface area (Å²) in [6, 6.07) is 8.97. The molecule has 0 spiro atoms. The summed E-state index contributed by atoms with van der Waals surface area (Å²) in [4.78, 5) is 22.5. The third kappa shape index (κ3) is 3.26. The van der Waals surface area contributed by atoms with E-state index in [0.29, 0.717) is 22.4 Å². The van der Waals surface area contributed by atoms with E-state index in [2.05, 4.69) is 15.0 Å². The number of fused-ring (bicyclic) bond motifs is 2. The van der Waals surface area contributed by atoms with Gasteiger partial charge in [0.25, 0.3) is 5.56 Å². The quantitative estimate of drug-likeness (QED) is 0.357. The first-order valence-corrected chi connectivity index (χ1v) is 11.3. The molecule has 0 fully saturated rings. The maximum Gasteiger partial charge on any atom is 0.315 e. The number of nitrogens with one attached hydrogen (secondary N) is 2. The van der Waals surface area contributed by atoms with Gasteiger partial charge in [-0.25, -0.2) is 12.7 Å². The molecule has 0 aliphatic heterocycles. The number of halogens is 2. The van der Waals surface area contributed by atoms with Crippen LogP contribution in [0.3, 0.4) is 0 Å². The zero-order valence-corrected chi connectivity index (χ0v) is 18.6. The van der Waals surface area contributed by atoms with Gasteiger partial charge in [0.05, 0.1) is 21.4 Å². The van der Waals surface area contributed by atoms with Crippen LogP contribution in [0.1, 0.15) is 0 Å². The second kappa shape index (κ2) is 7.50. The second-order valence-corrected chi connectivity index (χ2v) is 9.91. The Labute approximate surface area is 190 Å². The number of aromatic nitrogens is 3. The van der Waals surface area contributed by atoms with E-state index in [1.807, 2.05) is 0 Å². The molecule has 0 saturated heterocycles. The van der Waals surface area contributed by atoms with Crippen molar-refractivity contribution in [2.24, 2.45) is 0 Å². The lowest BCUT2D eigenvalue weighted by Gasteiger charge is -2.12. The van der Waals surface area contributed by atoms with Gasteiger partial charge >= 0.3 is 6.01 Å². The van der Waals surface area contributed by atoms with Crippen LogP contribution < -0.4 is 11.3 Å². The Balaban J connectivity index is 1.77. The number of sulfonamides is 1. The van der Waals surface area contributed by atoms with Gasteiger partial charge in [0.2, 0.25) is 21.8 Å². The Morgan fingerprint density at radius 3 is 2.38 bits per heavy atom. The van der Waals surface area contributed by atoms with Gasteiger partial charge in [-0.15, -0.1) is 0 Å². The van der Waals surface area contributed by atoms with E-state index >= 15 is 0 Å². The number of hydrogen-bond acceptors (Lipinski definition) is 6. The average Bonchev–Trinajstić information content (AvgIpc) is 3.31. The number of nitrogen functional groups attached to an aromatic ring is 1. The van der Waals surface area contributed by atoms with Crippen LogP contribution >= 0.6 is 0 Å². The first kappa shape index (κ1) is 21.8. The van der Waals surface area contributed by atoms with Gasteiger partial charge in [0.1, 0.15) is 11.2 Å². The molecule has 174 valence electrons. The first-order valence-electron chi connectivity index (χ1n) is 9.90. The van der Waals surface area contributed by atoms with Crippen LogP contribution in [-0.4, -0.2) is 41.8 Å². The molecule has 0 aliphatic carbocycles. The van der Waals surface area contributed by atoms with Crippen LogP contribution in [0.4, 0.5) is 14.7 Å². The number of nitrogens with two attached hydrogens (primary N) is 1. The lowest BCUT2D eigenvalue weighted by molar-refractivity contribution is 0.343. The van der Waals surface area contributed by atoms with Gasteiger partial charge in [0, 0.05) is 19.7 Å². The van der Waals surface area contributed by atoms with E-state index in [4.69, 9.17) is 10.2 Å². The fourth-order valence-electron chi connectivity index (χ4n) is 3.82. The number of nitrogens with zero attached hydrogens (tertiary/aromatic N) is 2. The predicted octanol–water partition coefficient (Wildman–Crippen LogP) is 3.44. The SMILES string of the molecule is CN(C)S(=O)(=O)c1ccc(-c2[nH]c3nc(N)[nH]c(=O)c3c2-c2ccc3c(F)c(F)oc3c2)cc1. The molecule has 2 aromatic carbocycles. The highest BCUT2D eigenvalue weighted by Crippen LogP contribution is 2.38. The van der Waals surface area contributed by atoms with Crippen LogP contribution in [0.25, 0.3) is 44.4 Å². The van der Waals surface area contributed by atoms with Gasteiger partial charge in [0.15, 0.2) is 0 Å². The Bertz CT molecular complexity index is 1750. The summed E-state index contributed by atoms with van der Waals surface area (Å²) in [7, 11) is -0.789. The molecule has 3 aromatic heterocycles. The summed E-state index contributed by atoms with van der Waals surface area (Å²) < 4.78 is 58.4. The molecule has 12 heteroatoms. The smallest absolute Gasteiger partial charge is 0.315 e. The predicted molar refractivity (Wildman–Crippen MR) is 123 cm³/mol. The number of benzene rings is 2. The van der Waals surface area contributed by atoms with Crippen LogP contribution in [0.5, 0.6) is 0 Å². The van der Waals surface area contributed by atoms with E-state index in [1.54, 1.807) is 12.1 Å². The monoisotopic (exact) mass is 485 g/mol. The molecular formula is C22H17F2N5O4S. The topological polar surface area (TPSA) is 138 Å². The summed E-state index contributed by atoms with van der Waals surface area (Å²) in [6.45, 7) is 0. The van der Waals surface area contributed by atoms with Crippen molar-refractivity contribution >= 4 is 38.0 Å². The molecule has 34 heavy (non-hydrogen) atoms. The highest BCUT2D eigenvalue weighted by molar-refractivity contribution is 7.89. The van der Waals surface area contributed by atoms with Gasteiger partial charge < -0.3 is 15.1 Å². The van der Waals surface area contributed by atoms with Crippen molar-refractivity contribution in [2.75, 3.05) is 19.8 Å². The standard InChI is InChI=1S/C22H17F2N5O4S/c1-29(2)34(31,32)12-6-3-10(4-7-12)18-15(16-20(26-18)27-22(25)28-21(16)30)11-5-8-13-14(9-11)33-19(24)17(13)23/h3-9H,1-2H3,(H4,25,26,27,28,30). The second-order valence-electron chi connectivity index (χ2n) is 7.76. The molecule has 5 aromatic rings. The van der Waals surface area contributed by atoms with Gasteiger partial charge in [-0.05, 0) is 35.4 Å². The molecule has 0 radical (unpaired) electrons. The van der Waals surface area contributed by atoms with Crippen molar-refractivity contribution in [1.29, 1.82) is 0 Å². The van der Waals surface area contributed by atoms with Gasteiger partial charge in [-0.1, -0.05) is 18.2 Å². The molecule has 0 atom stereocenters. The lowest BCUT2D eigenvalue weighted by atomic mass is 9.98. The minimum Gasteiger partial charge on any atom is -0.429 e.